The molecule has 3 heterocycles. The third-order valence-electron chi connectivity index (χ3n) is 4.72. The van der Waals surface area contributed by atoms with E-state index in [2.05, 4.69) is 20.9 Å². The molecule has 1 fully saturated rings. The minimum Gasteiger partial charge on any atom is -0.341 e. The van der Waals surface area contributed by atoms with Crippen LogP contribution in [0.25, 0.3) is 5.65 Å². The zero-order valence-electron chi connectivity index (χ0n) is 14.2. The lowest BCUT2D eigenvalue weighted by Gasteiger charge is -2.33. The molecule has 1 atom stereocenters. The van der Waals surface area contributed by atoms with Gasteiger partial charge in [-0.05, 0) is 24.5 Å². The van der Waals surface area contributed by atoms with E-state index in [0.29, 0.717) is 23.7 Å². The molecule has 0 bridgehead atoms. The molecule has 0 spiro atoms. The smallest absolute Gasteiger partial charge is 0.338 e. The Morgan fingerprint density at radius 1 is 1.35 bits per heavy atom. The summed E-state index contributed by atoms with van der Waals surface area (Å²) in [6, 6.07) is 9.52. The molecule has 0 aliphatic carbocycles. The lowest BCUT2D eigenvalue weighted by Crippen LogP contribution is -2.46. The molecule has 1 saturated heterocycles. The Balaban J connectivity index is 1.86. The zero-order valence-corrected chi connectivity index (χ0v) is 14.2. The standard InChI is InChI=1S/C18H19N7O/c19-8-13-4-1-2-5-14(13)10-24-17(23-7-3-6-15(20)11-23)22-16-9-21-12-25(16)18(24)26/h1-2,4-5,9,12,15H,3,6-7,10-11,20H2/t15-/m1/s1. The molecule has 0 saturated carbocycles. The summed E-state index contributed by atoms with van der Waals surface area (Å²) in [4.78, 5) is 23.8. The Bertz CT molecular complexity index is 1050. The first kappa shape index (κ1) is 16.3. The number of nitriles is 1. The van der Waals surface area contributed by atoms with Crippen molar-refractivity contribution >= 4 is 11.6 Å². The van der Waals surface area contributed by atoms with E-state index in [-0.39, 0.29) is 18.3 Å². The number of anilines is 1. The van der Waals surface area contributed by atoms with Gasteiger partial charge in [-0.1, -0.05) is 18.2 Å². The van der Waals surface area contributed by atoms with Gasteiger partial charge < -0.3 is 10.6 Å². The van der Waals surface area contributed by atoms with E-state index in [1.165, 1.54) is 10.7 Å². The van der Waals surface area contributed by atoms with Crippen LogP contribution in [-0.4, -0.2) is 38.1 Å². The quantitative estimate of drug-likeness (QED) is 0.748. The van der Waals surface area contributed by atoms with Gasteiger partial charge in [0.15, 0.2) is 5.65 Å². The van der Waals surface area contributed by atoms with Crippen LogP contribution in [0, 0.1) is 11.3 Å². The second-order valence-electron chi connectivity index (χ2n) is 6.52. The van der Waals surface area contributed by atoms with Crippen molar-refractivity contribution in [2.24, 2.45) is 5.73 Å². The number of aromatic nitrogens is 4. The molecule has 3 aromatic rings. The summed E-state index contributed by atoms with van der Waals surface area (Å²) in [6.45, 7) is 1.71. The van der Waals surface area contributed by atoms with Crippen molar-refractivity contribution in [2.45, 2.75) is 25.4 Å². The highest BCUT2D eigenvalue weighted by Gasteiger charge is 2.23. The van der Waals surface area contributed by atoms with E-state index < -0.39 is 0 Å². The number of nitrogens with two attached hydrogens (primary N) is 1. The minimum absolute atomic E-state index is 0.0571. The van der Waals surface area contributed by atoms with E-state index >= 15 is 0 Å². The van der Waals surface area contributed by atoms with Crippen LogP contribution in [0.5, 0.6) is 0 Å². The van der Waals surface area contributed by atoms with Gasteiger partial charge in [0.1, 0.15) is 6.33 Å². The first-order valence-electron chi connectivity index (χ1n) is 8.59. The monoisotopic (exact) mass is 349 g/mol. The van der Waals surface area contributed by atoms with Crippen LogP contribution in [0.3, 0.4) is 0 Å². The number of fused-ring (bicyclic) bond motifs is 1. The number of imidazole rings is 1. The number of hydrogen-bond acceptors (Lipinski definition) is 6. The van der Waals surface area contributed by atoms with Crippen molar-refractivity contribution in [3.05, 3.63) is 58.4 Å². The average Bonchev–Trinajstić information content (AvgIpc) is 3.13. The van der Waals surface area contributed by atoms with Gasteiger partial charge in [0.25, 0.3) is 0 Å². The van der Waals surface area contributed by atoms with E-state index in [1.54, 1.807) is 16.8 Å². The van der Waals surface area contributed by atoms with Crippen molar-refractivity contribution < 1.29 is 0 Å². The molecule has 4 rings (SSSR count). The van der Waals surface area contributed by atoms with Gasteiger partial charge in [0, 0.05) is 19.1 Å². The summed E-state index contributed by atoms with van der Waals surface area (Å²) in [5, 5.41) is 9.36. The molecule has 1 aliphatic heterocycles. The Morgan fingerprint density at radius 3 is 3.00 bits per heavy atom. The maximum absolute atomic E-state index is 13.0. The van der Waals surface area contributed by atoms with E-state index in [0.717, 1.165) is 24.9 Å². The summed E-state index contributed by atoms with van der Waals surface area (Å²) in [6.07, 6.45) is 4.95. The van der Waals surface area contributed by atoms with Crippen LogP contribution < -0.4 is 16.3 Å². The topological polar surface area (TPSA) is 105 Å². The third-order valence-corrected chi connectivity index (χ3v) is 4.72. The average molecular weight is 349 g/mol. The first-order valence-corrected chi connectivity index (χ1v) is 8.59. The Morgan fingerprint density at radius 2 is 2.19 bits per heavy atom. The van der Waals surface area contributed by atoms with Gasteiger partial charge in [0.05, 0.1) is 24.4 Å². The van der Waals surface area contributed by atoms with Crippen molar-refractivity contribution in [1.29, 1.82) is 5.26 Å². The number of hydrogen-bond donors (Lipinski definition) is 1. The summed E-state index contributed by atoms with van der Waals surface area (Å²) in [5.74, 6) is 0.575. The lowest BCUT2D eigenvalue weighted by molar-refractivity contribution is 0.489. The fraction of sp³-hybridized carbons (Fsp3) is 0.333. The zero-order chi connectivity index (χ0) is 18.1. The highest BCUT2D eigenvalue weighted by Crippen LogP contribution is 2.19. The number of nitrogens with zero attached hydrogens (tertiary/aromatic N) is 6. The van der Waals surface area contributed by atoms with E-state index in [1.807, 2.05) is 18.2 Å². The number of rotatable bonds is 3. The highest BCUT2D eigenvalue weighted by atomic mass is 16.1. The van der Waals surface area contributed by atoms with Crippen molar-refractivity contribution in [3.63, 3.8) is 0 Å². The largest absolute Gasteiger partial charge is 0.341 e. The van der Waals surface area contributed by atoms with Gasteiger partial charge in [-0.3, -0.25) is 4.57 Å². The molecule has 8 heteroatoms. The van der Waals surface area contributed by atoms with E-state index in [9.17, 15) is 10.1 Å². The predicted molar refractivity (Wildman–Crippen MR) is 96.9 cm³/mol. The Hall–Kier alpha value is -3.18. The normalized spacial score (nSPS) is 17.4. The molecule has 0 amide bonds. The van der Waals surface area contributed by atoms with Crippen LogP contribution >= 0.6 is 0 Å². The molecule has 26 heavy (non-hydrogen) atoms. The van der Waals surface area contributed by atoms with Crippen LogP contribution in [-0.2, 0) is 6.54 Å². The van der Waals surface area contributed by atoms with Crippen LogP contribution in [0.2, 0.25) is 0 Å². The summed E-state index contributed by atoms with van der Waals surface area (Å²) in [7, 11) is 0. The second-order valence-corrected chi connectivity index (χ2v) is 6.52. The molecule has 2 N–H and O–H groups in total. The van der Waals surface area contributed by atoms with Crippen LogP contribution in [0.1, 0.15) is 24.0 Å². The Labute approximate surface area is 150 Å². The molecular weight excluding hydrogens is 330 g/mol. The Kier molecular flexibility index (Phi) is 4.14. The fourth-order valence-corrected chi connectivity index (χ4v) is 3.41. The molecule has 8 nitrogen and oxygen atoms in total. The molecule has 1 aliphatic rings. The predicted octanol–water partition coefficient (Wildman–Crippen LogP) is 0.738. The molecule has 1 aromatic carbocycles. The van der Waals surface area contributed by atoms with Gasteiger partial charge in [-0.15, -0.1) is 0 Å². The van der Waals surface area contributed by atoms with Crippen LogP contribution in [0.4, 0.5) is 5.95 Å². The van der Waals surface area contributed by atoms with Crippen LogP contribution in [0.15, 0.2) is 41.6 Å². The van der Waals surface area contributed by atoms with Crippen molar-refractivity contribution in [2.75, 3.05) is 18.0 Å². The van der Waals surface area contributed by atoms with Gasteiger partial charge in [0.2, 0.25) is 5.95 Å². The minimum atomic E-state index is -0.227. The molecular formula is C18H19N7O. The summed E-state index contributed by atoms with van der Waals surface area (Å²) >= 11 is 0. The lowest BCUT2D eigenvalue weighted by atomic mass is 10.1. The fourth-order valence-electron chi connectivity index (χ4n) is 3.41. The van der Waals surface area contributed by atoms with Crippen molar-refractivity contribution in [3.8, 4) is 6.07 Å². The first-order chi connectivity index (χ1) is 12.7. The summed E-state index contributed by atoms with van der Waals surface area (Å²) < 4.78 is 3.02. The van der Waals surface area contributed by atoms with Gasteiger partial charge in [-0.25, -0.2) is 14.2 Å². The third kappa shape index (κ3) is 2.82. The highest BCUT2D eigenvalue weighted by molar-refractivity contribution is 5.45. The number of piperidine rings is 1. The molecule has 0 radical (unpaired) electrons. The molecule has 2 aromatic heterocycles. The van der Waals surface area contributed by atoms with Gasteiger partial charge in [-0.2, -0.15) is 10.2 Å². The molecule has 132 valence electrons. The van der Waals surface area contributed by atoms with E-state index in [4.69, 9.17) is 5.73 Å². The maximum Gasteiger partial charge on any atom is 0.338 e. The van der Waals surface area contributed by atoms with Crippen molar-refractivity contribution in [1.82, 2.24) is 18.9 Å². The summed E-state index contributed by atoms with van der Waals surface area (Å²) in [5.41, 5.74) is 7.73. The number of benzene rings is 1. The van der Waals surface area contributed by atoms with Gasteiger partial charge >= 0.3 is 5.69 Å². The molecule has 0 unspecified atom stereocenters. The maximum atomic E-state index is 13.0. The second kappa shape index (κ2) is 6.61. The SMILES string of the molecule is N#Cc1ccccc1Cn1c(N2CCC[C@@H](N)C2)nc2cncn2c1=O.